The van der Waals surface area contributed by atoms with E-state index in [4.69, 9.17) is 0 Å². The van der Waals surface area contributed by atoms with Gasteiger partial charge in [0.15, 0.2) is 0 Å². The Kier molecular flexibility index (Phi) is 6.08. The molecule has 108 valence electrons. The smallest absolute Gasteiger partial charge is 0.148 e. The standard InChI is InChI=1S/C13H28N2O2S/c1-5-7-12-9-15(13(6-2)8-14-12)11(3)10-18(4,16)17/h11-14H,5-10H2,1-4H3. The number of hydrogen-bond acceptors (Lipinski definition) is 4. The molecule has 0 amide bonds. The highest BCUT2D eigenvalue weighted by Crippen LogP contribution is 2.17. The third-order valence-corrected chi connectivity index (χ3v) is 4.85. The lowest BCUT2D eigenvalue weighted by atomic mass is 10.0. The van der Waals surface area contributed by atoms with Gasteiger partial charge in [-0.2, -0.15) is 0 Å². The largest absolute Gasteiger partial charge is 0.311 e. The molecule has 5 heteroatoms. The molecule has 18 heavy (non-hydrogen) atoms. The first kappa shape index (κ1) is 15.9. The van der Waals surface area contributed by atoms with Gasteiger partial charge in [-0.25, -0.2) is 8.42 Å². The molecule has 0 aromatic carbocycles. The summed E-state index contributed by atoms with van der Waals surface area (Å²) in [7, 11) is -2.90. The van der Waals surface area contributed by atoms with E-state index in [0.717, 1.165) is 19.5 Å². The minimum atomic E-state index is -2.90. The van der Waals surface area contributed by atoms with Crippen molar-refractivity contribution in [2.45, 2.75) is 58.2 Å². The summed E-state index contributed by atoms with van der Waals surface area (Å²) in [4.78, 5) is 2.39. The Labute approximate surface area is 112 Å². The van der Waals surface area contributed by atoms with Crippen molar-refractivity contribution in [1.82, 2.24) is 10.2 Å². The summed E-state index contributed by atoms with van der Waals surface area (Å²) in [6, 6.07) is 1.10. The fourth-order valence-corrected chi connectivity index (χ4v) is 3.95. The van der Waals surface area contributed by atoms with Crippen LogP contribution in [-0.2, 0) is 9.84 Å². The van der Waals surface area contributed by atoms with E-state index in [-0.39, 0.29) is 11.8 Å². The topological polar surface area (TPSA) is 49.4 Å². The third-order valence-electron chi connectivity index (χ3n) is 3.76. The lowest BCUT2D eigenvalue weighted by Gasteiger charge is -2.43. The van der Waals surface area contributed by atoms with Gasteiger partial charge in [0.1, 0.15) is 9.84 Å². The summed E-state index contributed by atoms with van der Waals surface area (Å²) < 4.78 is 22.9. The molecule has 0 aromatic rings. The van der Waals surface area contributed by atoms with E-state index in [9.17, 15) is 8.42 Å². The molecule has 0 bridgehead atoms. The van der Waals surface area contributed by atoms with Crippen LogP contribution in [0, 0.1) is 0 Å². The molecule has 1 aliphatic rings. The zero-order valence-electron chi connectivity index (χ0n) is 12.1. The van der Waals surface area contributed by atoms with Crippen molar-refractivity contribution in [3.05, 3.63) is 0 Å². The first-order valence-electron chi connectivity index (χ1n) is 7.04. The third kappa shape index (κ3) is 4.86. The zero-order valence-corrected chi connectivity index (χ0v) is 13.0. The van der Waals surface area contributed by atoms with Crippen LogP contribution in [0.2, 0.25) is 0 Å². The van der Waals surface area contributed by atoms with E-state index in [2.05, 4.69) is 24.1 Å². The monoisotopic (exact) mass is 276 g/mol. The van der Waals surface area contributed by atoms with Crippen LogP contribution in [0.1, 0.15) is 40.0 Å². The van der Waals surface area contributed by atoms with Crippen molar-refractivity contribution in [1.29, 1.82) is 0 Å². The Morgan fingerprint density at radius 1 is 1.39 bits per heavy atom. The first-order chi connectivity index (χ1) is 8.37. The van der Waals surface area contributed by atoms with Gasteiger partial charge >= 0.3 is 0 Å². The summed E-state index contributed by atoms with van der Waals surface area (Å²) in [5, 5.41) is 3.58. The van der Waals surface area contributed by atoms with Crippen molar-refractivity contribution in [2.75, 3.05) is 25.1 Å². The molecule has 0 aliphatic carbocycles. The molecule has 1 aliphatic heterocycles. The Balaban J connectivity index is 2.67. The van der Waals surface area contributed by atoms with Gasteiger partial charge in [0.2, 0.25) is 0 Å². The highest BCUT2D eigenvalue weighted by atomic mass is 32.2. The molecule has 1 fully saturated rings. The zero-order chi connectivity index (χ0) is 13.8. The Hall–Kier alpha value is -0.130. The molecular formula is C13H28N2O2S. The second-order valence-electron chi connectivity index (χ2n) is 5.59. The average molecular weight is 276 g/mol. The van der Waals surface area contributed by atoms with Crippen LogP contribution >= 0.6 is 0 Å². The van der Waals surface area contributed by atoms with Crippen molar-refractivity contribution in [3.63, 3.8) is 0 Å². The SMILES string of the molecule is CCCC1CN(C(C)CS(C)(=O)=O)C(CC)CN1. The molecule has 0 spiro atoms. The molecule has 1 N–H and O–H groups in total. The summed E-state index contributed by atoms with van der Waals surface area (Å²) in [5.74, 6) is 0.266. The maximum Gasteiger partial charge on any atom is 0.148 e. The lowest BCUT2D eigenvalue weighted by Crippen LogP contribution is -2.59. The van der Waals surface area contributed by atoms with Gasteiger partial charge in [-0.3, -0.25) is 4.90 Å². The van der Waals surface area contributed by atoms with E-state index in [1.807, 2.05) is 6.92 Å². The van der Waals surface area contributed by atoms with Crippen molar-refractivity contribution >= 4 is 9.84 Å². The van der Waals surface area contributed by atoms with Gasteiger partial charge in [0.05, 0.1) is 5.75 Å². The van der Waals surface area contributed by atoms with Gasteiger partial charge in [-0.15, -0.1) is 0 Å². The van der Waals surface area contributed by atoms with Crippen LogP contribution < -0.4 is 5.32 Å². The Bertz CT molecular complexity index is 343. The molecule has 3 atom stereocenters. The first-order valence-corrected chi connectivity index (χ1v) is 9.10. The second-order valence-corrected chi connectivity index (χ2v) is 7.78. The summed E-state index contributed by atoms with van der Waals surface area (Å²) >= 11 is 0. The maximum atomic E-state index is 11.4. The molecular weight excluding hydrogens is 248 g/mol. The predicted molar refractivity (Wildman–Crippen MR) is 76.7 cm³/mol. The normalized spacial score (nSPS) is 28.2. The molecule has 0 radical (unpaired) electrons. The maximum absolute atomic E-state index is 11.4. The highest BCUT2D eigenvalue weighted by molar-refractivity contribution is 7.90. The predicted octanol–water partition coefficient (Wildman–Crippen LogP) is 1.27. The number of sulfone groups is 1. The van der Waals surface area contributed by atoms with Crippen LogP contribution in [0.5, 0.6) is 0 Å². The molecule has 4 nitrogen and oxygen atoms in total. The van der Waals surface area contributed by atoms with Crippen LogP contribution in [0.25, 0.3) is 0 Å². The van der Waals surface area contributed by atoms with Gasteiger partial charge in [0.25, 0.3) is 0 Å². The number of piperazine rings is 1. The van der Waals surface area contributed by atoms with Gasteiger partial charge < -0.3 is 5.32 Å². The quantitative estimate of drug-likeness (QED) is 0.794. The van der Waals surface area contributed by atoms with Crippen molar-refractivity contribution < 1.29 is 8.42 Å². The molecule has 1 rings (SSSR count). The van der Waals surface area contributed by atoms with Crippen LogP contribution in [0.15, 0.2) is 0 Å². The van der Waals surface area contributed by atoms with Crippen LogP contribution in [-0.4, -0.2) is 56.5 Å². The van der Waals surface area contributed by atoms with E-state index >= 15 is 0 Å². The minimum absolute atomic E-state index is 0.117. The Morgan fingerprint density at radius 3 is 2.56 bits per heavy atom. The Morgan fingerprint density at radius 2 is 2.06 bits per heavy atom. The second kappa shape index (κ2) is 6.87. The fraction of sp³-hybridized carbons (Fsp3) is 1.00. The fourth-order valence-electron chi connectivity index (χ4n) is 2.88. The van der Waals surface area contributed by atoms with E-state index in [1.54, 1.807) is 0 Å². The van der Waals surface area contributed by atoms with Crippen LogP contribution in [0.3, 0.4) is 0 Å². The average Bonchev–Trinajstić information content (AvgIpc) is 2.27. The van der Waals surface area contributed by atoms with E-state index < -0.39 is 9.84 Å². The molecule has 1 saturated heterocycles. The van der Waals surface area contributed by atoms with E-state index in [0.29, 0.717) is 12.1 Å². The van der Waals surface area contributed by atoms with Gasteiger partial charge in [0, 0.05) is 37.5 Å². The minimum Gasteiger partial charge on any atom is -0.311 e. The van der Waals surface area contributed by atoms with Crippen LogP contribution in [0.4, 0.5) is 0 Å². The summed E-state index contributed by atoms with van der Waals surface area (Å²) in [6.07, 6.45) is 4.73. The molecule has 3 unspecified atom stereocenters. The highest BCUT2D eigenvalue weighted by Gasteiger charge is 2.30. The molecule has 0 aromatic heterocycles. The number of rotatable bonds is 6. The number of nitrogens with one attached hydrogen (secondary N) is 1. The van der Waals surface area contributed by atoms with Gasteiger partial charge in [-0.05, 0) is 19.8 Å². The summed E-state index contributed by atoms with van der Waals surface area (Å²) in [5.41, 5.74) is 0. The number of hydrogen-bond donors (Lipinski definition) is 1. The van der Waals surface area contributed by atoms with Crippen molar-refractivity contribution in [3.8, 4) is 0 Å². The lowest BCUT2D eigenvalue weighted by molar-refractivity contribution is 0.0925. The number of nitrogens with zero attached hydrogens (tertiary/aromatic N) is 1. The molecule has 1 heterocycles. The van der Waals surface area contributed by atoms with Crippen molar-refractivity contribution in [2.24, 2.45) is 0 Å². The van der Waals surface area contributed by atoms with E-state index in [1.165, 1.54) is 19.1 Å². The summed E-state index contributed by atoms with van der Waals surface area (Å²) in [6.45, 7) is 8.36. The van der Waals surface area contributed by atoms with Gasteiger partial charge in [-0.1, -0.05) is 20.3 Å². The molecule has 0 saturated carbocycles.